The predicted molar refractivity (Wildman–Crippen MR) is 102 cm³/mol. The average molecular weight is 346 g/mol. The van der Waals surface area contributed by atoms with Crippen molar-refractivity contribution in [1.82, 2.24) is 15.5 Å². The normalized spacial score (nSPS) is 21.2. The summed E-state index contributed by atoms with van der Waals surface area (Å²) in [6.45, 7) is 6.31. The van der Waals surface area contributed by atoms with Gasteiger partial charge in [-0.2, -0.15) is 0 Å². The molecule has 2 N–H and O–H groups in total. The maximum atomic E-state index is 14.1. The Balaban J connectivity index is 1.52. The first-order valence-corrected chi connectivity index (χ1v) is 9.62. The first kappa shape index (κ1) is 18.2. The number of rotatable bonds is 7. The van der Waals surface area contributed by atoms with Crippen molar-refractivity contribution >= 4 is 5.96 Å². The molecule has 1 heterocycles. The molecular weight excluding hydrogens is 315 g/mol. The highest BCUT2D eigenvalue weighted by Crippen LogP contribution is 2.48. The lowest BCUT2D eigenvalue weighted by Crippen LogP contribution is -2.47. The minimum absolute atomic E-state index is 0.0674. The van der Waals surface area contributed by atoms with Crippen molar-refractivity contribution in [3.63, 3.8) is 0 Å². The number of nitrogens with zero attached hydrogens (tertiary/aromatic N) is 2. The van der Waals surface area contributed by atoms with Crippen LogP contribution in [-0.4, -0.2) is 50.1 Å². The lowest BCUT2D eigenvalue weighted by atomic mass is 9.95. The smallest absolute Gasteiger partial charge is 0.191 e. The van der Waals surface area contributed by atoms with Crippen LogP contribution in [0.2, 0.25) is 0 Å². The van der Waals surface area contributed by atoms with E-state index in [-0.39, 0.29) is 11.2 Å². The molecule has 3 rings (SSSR count). The molecule has 1 aliphatic carbocycles. The van der Waals surface area contributed by atoms with E-state index in [9.17, 15) is 4.39 Å². The van der Waals surface area contributed by atoms with E-state index < -0.39 is 0 Å². The molecule has 1 aliphatic heterocycles. The standard InChI is InChI=1S/C20H31FN4/c1-3-16(25-12-6-7-13-25)14-23-19(22-2)24-15-20(10-11-20)17-8-4-5-9-18(17)21/h4-5,8-9,16H,3,6-7,10-15H2,1-2H3,(H2,22,23,24). The quantitative estimate of drug-likeness (QED) is 0.589. The Morgan fingerprint density at radius 1 is 1.24 bits per heavy atom. The molecule has 0 bridgehead atoms. The molecule has 5 heteroatoms. The van der Waals surface area contributed by atoms with Gasteiger partial charge in [-0.05, 0) is 56.8 Å². The van der Waals surface area contributed by atoms with Crippen molar-refractivity contribution in [2.45, 2.75) is 50.5 Å². The van der Waals surface area contributed by atoms with Crippen LogP contribution >= 0.6 is 0 Å². The maximum Gasteiger partial charge on any atom is 0.191 e. The van der Waals surface area contributed by atoms with Gasteiger partial charge in [-0.15, -0.1) is 0 Å². The fourth-order valence-corrected chi connectivity index (χ4v) is 3.91. The van der Waals surface area contributed by atoms with E-state index in [0.29, 0.717) is 6.04 Å². The van der Waals surface area contributed by atoms with Gasteiger partial charge in [0.1, 0.15) is 5.82 Å². The number of hydrogen-bond donors (Lipinski definition) is 2. The number of likely N-dealkylation sites (tertiary alicyclic amines) is 1. The lowest BCUT2D eigenvalue weighted by molar-refractivity contribution is 0.236. The summed E-state index contributed by atoms with van der Waals surface area (Å²) in [6, 6.07) is 7.72. The molecule has 0 spiro atoms. The van der Waals surface area contributed by atoms with Gasteiger partial charge in [0, 0.05) is 31.6 Å². The molecule has 2 aliphatic rings. The Kier molecular flexibility index (Phi) is 5.94. The second-order valence-electron chi connectivity index (χ2n) is 7.37. The summed E-state index contributed by atoms with van der Waals surface area (Å²) >= 11 is 0. The van der Waals surface area contributed by atoms with Gasteiger partial charge in [-0.25, -0.2) is 4.39 Å². The highest BCUT2D eigenvalue weighted by molar-refractivity contribution is 5.79. The fourth-order valence-electron chi connectivity index (χ4n) is 3.91. The largest absolute Gasteiger partial charge is 0.356 e. The number of nitrogens with one attached hydrogen (secondary N) is 2. The van der Waals surface area contributed by atoms with Crippen molar-refractivity contribution in [3.8, 4) is 0 Å². The molecule has 0 aromatic heterocycles. The monoisotopic (exact) mass is 346 g/mol. The Labute approximate surface area is 150 Å². The molecule has 25 heavy (non-hydrogen) atoms. The van der Waals surface area contributed by atoms with E-state index in [4.69, 9.17) is 0 Å². The molecule has 1 atom stereocenters. The van der Waals surface area contributed by atoms with E-state index in [1.54, 1.807) is 19.2 Å². The Morgan fingerprint density at radius 2 is 1.96 bits per heavy atom. The SMILES string of the molecule is CCC(CNC(=NC)NCC1(c2ccccc2F)CC1)N1CCCC1. The number of aliphatic imine (C=N–C) groups is 1. The van der Waals surface area contributed by atoms with Gasteiger partial charge in [0.25, 0.3) is 0 Å². The fraction of sp³-hybridized carbons (Fsp3) is 0.650. The van der Waals surface area contributed by atoms with Crippen molar-refractivity contribution in [2.75, 3.05) is 33.2 Å². The van der Waals surface area contributed by atoms with E-state index in [0.717, 1.165) is 43.9 Å². The van der Waals surface area contributed by atoms with Crippen molar-refractivity contribution in [1.29, 1.82) is 0 Å². The molecular formula is C20H31FN4. The van der Waals surface area contributed by atoms with Gasteiger partial charge in [0.2, 0.25) is 0 Å². The van der Waals surface area contributed by atoms with E-state index in [1.165, 1.54) is 25.9 Å². The Bertz CT molecular complexity index is 591. The van der Waals surface area contributed by atoms with Gasteiger partial charge in [0.05, 0.1) is 0 Å². The van der Waals surface area contributed by atoms with Crippen LogP contribution in [0.25, 0.3) is 0 Å². The van der Waals surface area contributed by atoms with Crippen LogP contribution in [0.3, 0.4) is 0 Å². The second-order valence-corrected chi connectivity index (χ2v) is 7.37. The average Bonchev–Trinajstić information content (AvgIpc) is 3.22. The van der Waals surface area contributed by atoms with Gasteiger partial charge in [0.15, 0.2) is 5.96 Å². The zero-order valence-electron chi connectivity index (χ0n) is 15.5. The number of halogens is 1. The topological polar surface area (TPSA) is 39.7 Å². The van der Waals surface area contributed by atoms with Crippen LogP contribution in [0.5, 0.6) is 0 Å². The first-order valence-electron chi connectivity index (χ1n) is 9.62. The molecule has 2 fully saturated rings. The van der Waals surface area contributed by atoms with Crippen LogP contribution < -0.4 is 10.6 Å². The van der Waals surface area contributed by atoms with Crippen LogP contribution in [0, 0.1) is 5.82 Å². The third-order valence-electron chi connectivity index (χ3n) is 5.75. The molecule has 1 saturated carbocycles. The summed E-state index contributed by atoms with van der Waals surface area (Å²) in [4.78, 5) is 6.92. The molecule has 1 unspecified atom stereocenters. The van der Waals surface area contributed by atoms with Crippen LogP contribution in [0.15, 0.2) is 29.3 Å². The third kappa shape index (κ3) is 4.32. The maximum absolute atomic E-state index is 14.1. The Hall–Kier alpha value is -1.62. The molecule has 1 aromatic carbocycles. The van der Waals surface area contributed by atoms with E-state index >= 15 is 0 Å². The first-order chi connectivity index (χ1) is 12.2. The third-order valence-corrected chi connectivity index (χ3v) is 5.75. The molecule has 0 radical (unpaired) electrons. The van der Waals surface area contributed by atoms with Gasteiger partial charge >= 0.3 is 0 Å². The summed E-state index contributed by atoms with van der Waals surface area (Å²) < 4.78 is 14.1. The summed E-state index contributed by atoms with van der Waals surface area (Å²) in [5.74, 6) is 0.727. The van der Waals surface area contributed by atoms with Crippen molar-refractivity contribution in [3.05, 3.63) is 35.6 Å². The number of guanidine groups is 1. The van der Waals surface area contributed by atoms with Crippen LogP contribution in [0.1, 0.15) is 44.6 Å². The lowest BCUT2D eigenvalue weighted by Gasteiger charge is -2.27. The highest BCUT2D eigenvalue weighted by atomic mass is 19.1. The van der Waals surface area contributed by atoms with Crippen molar-refractivity contribution in [2.24, 2.45) is 4.99 Å². The van der Waals surface area contributed by atoms with E-state index in [2.05, 4.69) is 27.4 Å². The van der Waals surface area contributed by atoms with Crippen LogP contribution in [0.4, 0.5) is 4.39 Å². The molecule has 0 amide bonds. The minimum Gasteiger partial charge on any atom is -0.356 e. The summed E-state index contributed by atoms with van der Waals surface area (Å²) in [5, 5.41) is 6.89. The van der Waals surface area contributed by atoms with Crippen molar-refractivity contribution < 1.29 is 4.39 Å². The molecule has 1 aromatic rings. The zero-order valence-corrected chi connectivity index (χ0v) is 15.5. The summed E-state index contributed by atoms with van der Waals surface area (Å²) in [7, 11) is 1.80. The zero-order chi connectivity index (χ0) is 17.7. The van der Waals surface area contributed by atoms with Crippen LogP contribution in [-0.2, 0) is 5.41 Å². The number of benzene rings is 1. The molecule has 1 saturated heterocycles. The van der Waals surface area contributed by atoms with Gasteiger partial charge in [-0.3, -0.25) is 9.89 Å². The highest BCUT2D eigenvalue weighted by Gasteiger charge is 2.45. The minimum atomic E-state index is -0.0928. The van der Waals surface area contributed by atoms with E-state index in [1.807, 2.05) is 12.1 Å². The second kappa shape index (κ2) is 8.17. The van der Waals surface area contributed by atoms with Gasteiger partial charge in [-0.1, -0.05) is 25.1 Å². The predicted octanol–water partition coefficient (Wildman–Crippen LogP) is 2.90. The molecule has 138 valence electrons. The summed E-state index contributed by atoms with van der Waals surface area (Å²) in [5.41, 5.74) is 0.767. The summed E-state index contributed by atoms with van der Waals surface area (Å²) in [6.07, 6.45) is 5.83. The Morgan fingerprint density at radius 3 is 2.56 bits per heavy atom. The van der Waals surface area contributed by atoms with Gasteiger partial charge < -0.3 is 10.6 Å². The number of hydrogen-bond acceptors (Lipinski definition) is 2. The molecule has 4 nitrogen and oxygen atoms in total.